The lowest BCUT2D eigenvalue weighted by Crippen LogP contribution is -2.33. The molecule has 1 aliphatic carbocycles. The van der Waals surface area contributed by atoms with E-state index in [1.807, 2.05) is 0 Å². The third-order valence-corrected chi connectivity index (χ3v) is 2.97. The number of carbonyl (C=O) groups is 1. The smallest absolute Gasteiger partial charge is 0.354 e. The van der Waals surface area contributed by atoms with E-state index in [-0.39, 0.29) is 18.1 Å². The molecule has 5 heteroatoms. The molecular formula is C11H16N2O3. The number of esters is 1. The van der Waals surface area contributed by atoms with E-state index >= 15 is 0 Å². The Labute approximate surface area is 93.8 Å². The van der Waals surface area contributed by atoms with E-state index in [0.717, 1.165) is 18.4 Å². The maximum atomic E-state index is 11.2. The second kappa shape index (κ2) is 4.27. The Bertz CT molecular complexity index is 382. The van der Waals surface area contributed by atoms with Crippen molar-refractivity contribution in [3.8, 4) is 0 Å². The van der Waals surface area contributed by atoms with E-state index in [2.05, 4.69) is 15.0 Å². The third-order valence-electron chi connectivity index (χ3n) is 2.97. The highest BCUT2D eigenvalue weighted by molar-refractivity contribution is 5.87. The summed E-state index contributed by atoms with van der Waals surface area (Å²) in [6.07, 6.45) is 3.79. The first-order valence-electron chi connectivity index (χ1n) is 5.31. The summed E-state index contributed by atoms with van der Waals surface area (Å²) in [5, 5.41) is 12.4. The van der Waals surface area contributed by atoms with E-state index in [1.54, 1.807) is 12.3 Å². The van der Waals surface area contributed by atoms with Crippen LogP contribution in [0.4, 0.5) is 0 Å². The highest BCUT2D eigenvalue weighted by atomic mass is 16.5. The van der Waals surface area contributed by atoms with Crippen molar-refractivity contribution >= 4 is 5.97 Å². The Morgan fingerprint density at radius 1 is 1.69 bits per heavy atom. The molecule has 3 N–H and O–H groups in total. The van der Waals surface area contributed by atoms with Crippen molar-refractivity contribution in [3.05, 3.63) is 23.5 Å². The first-order chi connectivity index (χ1) is 7.69. The molecule has 1 saturated carbocycles. The van der Waals surface area contributed by atoms with Crippen molar-refractivity contribution in [1.82, 2.24) is 10.3 Å². The van der Waals surface area contributed by atoms with Gasteiger partial charge in [-0.2, -0.15) is 0 Å². The van der Waals surface area contributed by atoms with Crippen LogP contribution >= 0.6 is 0 Å². The van der Waals surface area contributed by atoms with Gasteiger partial charge in [-0.3, -0.25) is 0 Å². The molecule has 1 heterocycles. The van der Waals surface area contributed by atoms with Gasteiger partial charge in [-0.15, -0.1) is 0 Å². The SMILES string of the molecule is COC(=O)c1cc(CNC2(CO)CC2)c[nH]1. The summed E-state index contributed by atoms with van der Waals surface area (Å²) < 4.78 is 4.60. The summed E-state index contributed by atoms with van der Waals surface area (Å²) in [6, 6.07) is 1.76. The van der Waals surface area contributed by atoms with Crippen LogP contribution in [0.3, 0.4) is 0 Å². The highest BCUT2D eigenvalue weighted by Crippen LogP contribution is 2.34. The minimum absolute atomic E-state index is 0.0807. The quantitative estimate of drug-likeness (QED) is 0.633. The summed E-state index contributed by atoms with van der Waals surface area (Å²) in [6.45, 7) is 0.815. The third kappa shape index (κ3) is 2.25. The van der Waals surface area contributed by atoms with Gasteiger partial charge in [0, 0.05) is 18.3 Å². The van der Waals surface area contributed by atoms with Gasteiger partial charge in [0.1, 0.15) is 5.69 Å². The van der Waals surface area contributed by atoms with E-state index < -0.39 is 0 Å². The molecule has 1 fully saturated rings. The van der Waals surface area contributed by atoms with Gasteiger partial charge in [0.05, 0.1) is 13.7 Å². The number of nitrogens with one attached hydrogen (secondary N) is 2. The van der Waals surface area contributed by atoms with Crippen molar-refractivity contribution < 1.29 is 14.6 Å². The second-order valence-corrected chi connectivity index (χ2v) is 4.21. The minimum atomic E-state index is -0.366. The number of hydrogen-bond donors (Lipinski definition) is 3. The molecule has 0 aliphatic heterocycles. The number of H-pyrrole nitrogens is 1. The topological polar surface area (TPSA) is 74.3 Å². The van der Waals surface area contributed by atoms with Crippen molar-refractivity contribution in [2.45, 2.75) is 24.9 Å². The minimum Gasteiger partial charge on any atom is -0.464 e. The molecule has 5 nitrogen and oxygen atoms in total. The average Bonchev–Trinajstić information content (AvgIpc) is 2.95. The molecule has 1 aromatic rings. The molecule has 16 heavy (non-hydrogen) atoms. The summed E-state index contributed by atoms with van der Waals surface area (Å²) in [5.74, 6) is -0.366. The maximum absolute atomic E-state index is 11.2. The van der Waals surface area contributed by atoms with Crippen LogP contribution in [-0.4, -0.2) is 35.3 Å². The van der Waals surface area contributed by atoms with Gasteiger partial charge >= 0.3 is 5.97 Å². The molecule has 0 amide bonds. The lowest BCUT2D eigenvalue weighted by molar-refractivity contribution is 0.0595. The molecule has 0 bridgehead atoms. The molecule has 2 rings (SSSR count). The van der Waals surface area contributed by atoms with Crippen molar-refractivity contribution in [3.63, 3.8) is 0 Å². The van der Waals surface area contributed by atoms with E-state index in [1.165, 1.54) is 7.11 Å². The highest BCUT2D eigenvalue weighted by Gasteiger charge is 2.41. The molecule has 0 aromatic carbocycles. The van der Waals surface area contributed by atoms with Crippen LogP contribution < -0.4 is 5.32 Å². The predicted molar refractivity (Wildman–Crippen MR) is 58.0 cm³/mol. The molecule has 88 valence electrons. The lowest BCUT2D eigenvalue weighted by atomic mass is 10.2. The van der Waals surface area contributed by atoms with Crippen LogP contribution in [0.1, 0.15) is 28.9 Å². The molecule has 1 aromatic heterocycles. The van der Waals surface area contributed by atoms with Gasteiger partial charge in [0.15, 0.2) is 0 Å². The van der Waals surface area contributed by atoms with Crippen LogP contribution in [0, 0.1) is 0 Å². The molecule has 0 radical (unpaired) electrons. The predicted octanol–water partition coefficient (Wildman–Crippen LogP) is 0.416. The van der Waals surface area contributed by atoms with Crippen LogP contribution in [-0.2, 0) is 11.3 Å². The Balaban J connectivity index is 1.90. The molecule has 0 saturated heterocycles. The maximum Gasteiger partial charge on any atom is 0.354 e. The fraction of sp³-hybridized carbons (Fsp3) is 0.545. The number of carbonyl (C=O) groups excluding carboxylic acids is 1. The zero-order chi connectivity index (χ0) is 11.6. The number of rotatable bonds is 5. The van der Waals surface area contributed by atoms with Gasteiger partial charge in [-0.05, 0) is 24.5 Å². The van der Waals surface area contributed by atoms with Crippen molar-refractivity contribution in [2.24, 2.45) is 0 Å². The van der Waals surface area contributed by atoms with Crippen LogP contribution in [0.15, 0.2) is 12.3 Å². The summed E-state index contributed by atoms with van der Waals surface area (Å²) in [7, 11) is 1.35. The Morgan fingerprint density at radius 3 is 3.00 bits per heavy atom. The van der Waals surface area contributed by atoms with Gasteiger partial charge in [-0.1, -0.05) is 0 Å². The molecule has 0 atom stereocenters. The van der Waals surface area contributed by atoms with Crippen LogP contribution in [0.2, 0.25) is 0 Å². The summed E-state index contributed by atoms with van der Waals surface area (Å²) in [5.41, 5.74) is 1.36. The van der Waals surface area contributed by atoms with E-state index in [0.29, 0.717) is 12.2 Å². The number of aromatic amines is 1. The van der Waals surface area contributed by atoms with Gasteiger partial charge in [0.2, 0.25) is 0 Å². The number of aromatic nitrogens is 1. The zero-order valence-corrected chi connectivity index (χ0v) is 9.25. The van der Waals surface area contributed by atoms with Crippen LogP contribution in [0.25, 0.3) is 0 Å². The first kappa shape index (κ1) is 11.2. The molecular weight excluding hydrogens is 208 g/mol. The fourth-order valence-corrected chi connectivity index (χ4v) is 1.60. The normalized spacial score (nSPS) is 17.1. The number of aliphatic hydroxyl groups is 1. The van der Waals surface area contributed by atoms with Crippen molar-refractivity contribution in [1.29, 1.82) is 0 Å². The van der Waals surface area contributed by atoms with Crippen LogP contribution in [0.5, 0.6) is 0 Å². The standard InChI is InChI=1S/C11H16N2O3/c1-16-10(15)9-4-8(5-12-9)6-13-11(7-14)2-3-11/h4-5,12-14H,2-3,6-7H2,1H3. The monoisotopic (exact) mass is 224 g/mol. The Kier molecular flexibility index (Phi) is 2.98. The second-order valence-electron chi connectivity index (χ2n) is 4.21. The number of methoxy groups -OCH3 is 1. The summed E-state index contributed by atoms with van der Waals surface area (Å²) >= 11 is 0. The average molecular weight is 224 g/mol. The zero-order valence-electron chi connectivity index (χ0n) is 9.25. The Hall–Kier alpha value is -1.33. The van der Waals surface area contributed by atoms with Gasteiger partial charge in [0.25, 0.3) is 0 Å². The summed E-state index contributed by atoms with van der Waals surface area (Å²) in [4.78, 5) is 14.0. The van der Waals surface area contributed by atoms with Crippen molar-refractivity contribution in [2.75, 3.05) is 13.7 Å². The molecule has 0 unspecified atom stereocenters. The Morgan fingerprint density at radius 2 is 2.44 bits per heavy atom. The van der Waals surface area contributed by atoms with E-state index in [9.17, 15) is 4.79 Å². The number of aliphatic hydroxyl groups excluding tert-OH is 1. The number of hydrogen-bond acceptors (Lipinski definition) is 4. The largest absolute Gasteiger partial charge is 0.464 e. The van der Waals surface area contributed by atoms with Gasteiger partial charge in [-0.25, -0.2) is 4.79 Å². The molecule has 0 spiro atoms. The van der Waals surface area contributed by atoms with Gasteiger partial charge < -0.3 is 20.1 Å². The fourth-order valence-electron chi connectivity index (χ4n) is 1.60. The van der Waals surface area contributed by atoms with E-state index in [4.69, 9.17) is 5.11 Å². The first-order valence-corrected chi connectivity index (χ1v) is 5.31. The number of ether oxygens (including phenoxy) is 1. The molecule has 1 aliphatic rings. The lowest BCUT2D eigenvalue weighted by Gasteiger charge is -2.12.